The van der Waals surface area contributed by atoms with Crippen LogP contribution < -0.4 is 0 Å². The lowest BCUT2D eigenvalue weighted by Crippen LogP contribution is -2.28. The smallest absolute Gasteiger partial charge is 0.0206 e. The fourth-order valence-electron chi connectivity index (χ4n) is 13.5. The van der Waals surface area contributed by atoms with Gasteiger partial charge in [-0.1, -0.05) is 176 Å². The van der Waals surface area contributed by atoms with Crippen molar-refractivity contribution in [3.05, 3.63) is 238 Å². The van der Waals surface area contributed by atoms with Crippen LogP contribution in [0, 0.1) is 23.7 Å². The zero-order chi connectivity index (χ0) is 41.9. The van der Waals surface area contributed by atoms with E-state index in [2.05, 4.69) is 182 Å². The highest BCUT2D eigenvalue weighted by Gasteiger charge is 2.47. The molecule has 0 fully saturated rings. The highest BCUT2D eigenvalue weighted by Crippen LogP contribution is 2.65. The summed E-state index contributed by atoms with van der Waals surface area (Å²) in [7, 11) is 0. The lowest BCUT2D eigenvalue weighted by atomic mass is 9.64. The summed E-state index contributed by atoms with van der Waals surface area (Å²) in [6.45, 7) is 0. The fraction of sp³-hybridized carbons (Fsp3) is 0.188. The van der Waals surface area contributed by atoms with E-state index in [1.54, 1.807) is 0 Å². The molecule has 0 nitrogen and oxygen atoms in total. The van der Waals surface area contributed by atoms with E-state index < -0.39 is 0 Å². The fourth-order valence-corrected chi connectivity index (χ4v) is 13.5. The van der Waals surface area contributed by atoms with Gasteiger partial charge in [0.2, 0.25) is 0 Å². The van der Waals surface area contributed by atoms with Gasteiger partial charge in [-0.3, -0.25) is 0 Å². The maximum absolute atomic E-state index is 2.77. The summed E-state index contributed by atoms with van der Waals surface area (Å²) >= 11 is 0. The van der Waals surface area contributed by atoms with Crippen LogP contribution in [0.2, 0.25) is 0 Å². The first-order valence-electron chi connectivity index (χ1n) is 24.1. The van der Waals surface area contributed by atoms with Crippen molar-refractivity contribution in [2.45, 2.75) is 51.4 Å². The Morgan fingerprint density at radius 2 is 1.27 bits per heavy atom. The first kappa shape index (κ1) is 36.7. The minimum absolute atomic E-state index is 0.224. The van der Waals surface area contributed by atoms with Crippen LogP contribution in [0.15, 0.2) is 216 Å². The SMILES string of the molecule is C1=CCCC(C2=CC=CC(C3=CCCC=C3)C2C2=CC3C4=C(C=C5c6c(c(-c7ccccc7)c7cc8c9c(cccc9c7c6-c6ccccc6)C6=C8CCC=C6)C(=C2)C53)CCC=C4)=C1. The molecule has 5 aromatic carbocycles. The van der Waals surface area contributed by atoms with Gasteiger partial charge in [0.1, 0.15) is 0 Å². The number of benzene rings is 5. The molecule has 0 saturated carbocycles. The predicted octanol–water partition coefficient (Wildman–Crippen LogP) is 16.8. The molecule has 64 heavy (non-hydrogen) atoms. The van der Waals surface area contributed by atoms with E-state index in [4.69, 9.17) is 0 Å². The van der Waals surface area contributed by atoms with Crippen LogP contribution >= 0.6 is 0 Å². The quantitative estimate of drug-likeness (QED) is 0.155. The molecular weight excluding hydrogens is 769 g/mol. The molecule has 306 valence electrons. The number of hydrogen-bond acceptors (Lipinski definition) is 0. The van der Waals surface area contributed by atoms with Crippen molar-refractivity contribution < 1.29 is 0 Å². The molecule has 14 rings (SSSR count). The Morgan fingerprint density at radius 3 is 2.09 bits per heavy atom. The Hall–Kier alpha value is -6.76. The summed E-state index contributed by atoms with van der Waals surface area (Å²) in [4.78, 5) is 0. The third kappa shape index (κ3) is 5.29. The molecule has 0 aliphatic heterocycles. The summed E-state index contributed by atoms with van der Waals surface area (Å²) in [6, 6.07) is 32.7. The Labute approximate surface area is 377 Å². The van der Waals surface area contributed by atoms with Crippen molar-refractivity contribution >= 4 is 43.8 Å². The molecule has 0 heterocycles. The summed E-state index contributed by atoms with van der Waals surface area (Å²) in [5, 5.41) is 5.61. The largest absolute Gasteiger partial charge is 0.0842 e. The van der Waals surface area contributed by atoms with Crippen LogP contribution in [0.25, 0.3) is 66.1 Å². The Kier molecular flexibility index (Phi) is 8.25. The summed E-state index contributed by atoms with van der Waals surface area (Å²) in [5.41, 5.74) is 26.2. The standard InChI is InChI=1S/C64H50/c1-5-19-39(20-6-1)46-31-17-32-47(40-21-7-2-8-22-40)57(46)44-36-52-45-28-14-13-27-43(45)35-54-61(52)55(37-44)63-58(41-23-9-3-10-24-41)56-38-53-49-30-16-15-29-48(49)50-33-18-34-51(60(50)53)62(56)59(64(54)63)42-25-11-4-12-26-42/h1,3-5,7,9-12,14-15,17-19,21-26,28-29,31-38,47,52,57,61H,2,6,8,13,16,20,27,30H2. The molecule has 5 aromatic rings. The van der Waals surface area contributed by atoms with Crippen LogP contribution in [0.5, 0.6) is 0 Å². The lowest BCUT2D eigenvalue weighted by molar-refractivity contribution is 0.565. The van der Waals surface area contributed by atoms with Gasteiger partial charge in [0.15, 0.2) is 0 Å². The maximum Gasteiger partial charge on any atom is 0.0206 e. The molecule has 0 N–H and O–H groups in total. The first-order valence-corrected chi connectivity index (χ1v) is 24.1. The van der Waals surface area contributed by atoms with Crippen molar-refractivity contribution in [3.8, 4) is 22.3 Å². The van der Waals surface area contributed by atoms with E-state index in [1.807, 2.05) is 0 Å². The molecular formula is C64H50. The molecule has 0 amide bonds. The van der Waals surface area contributed by atoms with Crippen LogP contribution in [0.4, 0.5) is 0 Å². The molecule has 0 radical (unpaired) electrons. The number of rotatable bonds is 5. The Balaban J connectivity index is 1.13. The van der Waals surface area contributed by atoms with Crippen LogP contribution in [0.1, 0.15) is 73.6 Å². The highest BCUT2D eigenvalue weighted by atomic mass is 14.5. The molecule has 0 spiro atoms. The molecule has 4 unspecified atom stereocenters. The van der Waals surface area contributed by atoms with Crippen molar-refractivity contribution in [2.24, 2.45) is 23.7 Å². The van der Waals surface area contributed by atoms with Gasteiger partial charge in [0.05, 0.1) is 0 Å². The summed E-state index contributed by atoms with van der Waals surface area (Å²) < 4.78 is 0. The summed E-state index contributed by atoms with van der Waals surface area (Å²) in [6.07, 6.45) is 48.5. The third-order valence-corrected chi connectivity index (χ3v) is 16.0. The normalized spacial score (nSPS) is 24.5. The van der Waals surface area contributed by atoms with Crippen LogP contribution in [-0.2, 0) is 0 Å². The lowest BCUT2D eigenvalue weighted by Gasteiger charge is -2.40. The molecule has 0 aromatic heterocycles. The average molecular weight is 819 g/mol. The van der Waals surface area contributed by atoms with Crippen molar-refractivity contribution in [1.29, 1.82) is 0 Å². The van der Waals surface area contributed by atoms with E-state index in [1.165, 1.54) is 122 Å². The Bertz CT molecular complexity index is 3350. The second-order valence-corrected chi connectivity index (χ2v) is 19.3. The van der Waals surface area contributed by atoms with Crippen molar-refractivity contribution in [1.82, 2.24) is 0 Å². The van der Waals surface area contributed by atoms with E-state index in [0.717, 1.165) is 51.4 Å². The number of allylic oxidation sites excluding steroid dienone is 26. The van der Waals surface area contributed by atoms with Gasteiger partial charge in [-0.25, -0.2) is 0 Å². The second-order valence-electron chi connectivity index (χ2n) is 19.3. The topological polar surface area (TPSA) is 0 Å². The second kappa shape index (κ2) is 14.4. The first-order chi connectivity index (χ1) is 31.8. The Morgan fingerprint density at radius 1 is 0.484 bits per heavy atom. The molecule has 0 heteroatoms. The number of hydrogen-bond donors (Lipinski definition) is 0. The van der Waals surface area contributed by atoms with Gasteiger partial charge >= 0.3 is 0 Å². The molecule has 9 aliphatic carbocycles. The third-order valence-electron chi connectivity index (χ3n) is 16.0. The summed E-state index contributed by atoms with van der Waals surface area (Å²) in [5.74, 6) is 0.999. The van der Waals surface area contributed by atoms with Gasteiger partial charge in [-0.05, 0) is 179 Å². The minimum atomic E-state index is 0.224. The monoisotopic (exact) mass is 818 g/mol. The van der Waals surface area contributed by atoms with Crippen molar-refractivity contribution in [2.75, 3.05) is 0 Å². The average Bonchev–Trinajstić information content (AvgIpc) is 3.87. The molecule has 0 saturated heterocycles. The number of fused-ring (bicyclic) bond motifs is 8. The van der Waals surface area contributed by atoms with E-state index in [0.29, 0.717) is 0 Å². The zero-order valence-electron chi connectivity index (χ0n) is 36.3. The van der Waals surface area contributed by atoms with E-state index in [9.17, 15) is 0 Å². The van der Waals surface area contributed by atoms with Gasteiger partial charge in [0, 0.05) is 23.7 Å². The van der Waals surface area contributed by atoms with Crippen LogP contribution in [-0.4, -0.2) is 0 Å². The van der Waals surface area contributed by atoms with Gasteiger partial charge in [0.25, 0.3) is 0 Å². The molecule has 9 aliphatic rings. The minimum Gasteiger partial charge on any atom is -0.0842 e. The molecule has 0 bridgehead atoms. The van der Waals surface area contributed by atoms with Gasteiger partial charge in [-0.15, -0.1) is 0 Å². The van der Waals surface area contributed by atoms with Gasteiger partial charge in [-0.2, -0.15) is 0 Å². The van der Waals surface area contributed by atoms with E-state index in [-0.39, 0.29) is 23.7 Å². The predicted molar refractivity (Wildman–Crippen MR) is 271 cm³/mol. The van der Waals surface area contributed by atoms with Crippen molar-refractivity contribution in [3.63, 3.8) is 0 Å². The van der Waals surface area contributed by atoms with E-state index >= 15 is 0 Å². The highest BCUT2D eigenvalue weighted by molar-refractivity contribution is 6.30. The zero-order valence-corrected chi connectivity index (χ0v) is 36.3. The molecule has 4 atom stereocenters. The van der Waals surface area contributed by atoms with Crippen LogP contribution in [0.3, 0.4) is 0 Å². The van der Waals surface area contributed by atoms with Gasteiger partial charge < -0.3 is 0 Å². The maximum atomic E-state index is 2.77.